The fourth-order valence-electron chi connectivity index (χ4n) is 2.95. The molecule has 2 unspecified atom stereocenters. The Morgan fingerprint density at radius 1 is 1.35 bits per heavy atom. The molecule has 0 radical (unpaired) electrons. The van der Waals surface area contributed by atoms with Gasteiger partial charge < -0.3 is 10.4 Å². The van der Waals surface area contributed by atoms with Crippen molar-refractivity contribution in [3.05, 3.63) is 35.4 Å². The number of aliphatic carboxylic acids is 1. The minimum atomic E-state index is -0.672. The second kappa shape index (κ2) is 7.06. The summed E-state index contributed by atoms with van der Waals surface area (Å²) >= 11 is 0. The van der Waals surface area contributed by atoms with Crippen molar-refractivity contribution in [1.29, 1.82) is 5.26 Å². The molecule has 20 heavy (non-hydrogen) atoms. The Hall–Kier alpha value is -1.86. The normalized spacial score (nSPS) is 22.1. The summed E-state index contributed by atoms with van der Waals surface area (Å²) in [5, 5.41) is 21.6. The van der Waals surface area contributed by atoms with Crippen LogP contribution in [0.5, 0.6) is 0 Å². The molecule has 0 spiro atoms. The van der Waals surface area contributed by atoms with Gasteiger partial charge in [0.2, 0.25) is 0 Å². The van der Waals surface area contributed by atoms with Crippen molar-refractivity contribution in [2.75, 3.05) is 6.54 Å². The zero-order valence-electron chi connectivity index (χ0n) is 11.5. The largest absolute Gasteiger partial charge is 0.481 e. The number of hydrogen-bond acceptors (Lipinski definition) is 3. The Labute approximate surface area is 119 Å². The van der Waals surface area contributed by atoms with Crippen LogP contribution in [0.2, 0.25) is 0 Å². The molecule has 1 aliphatic carbocycles. The van der Waals surface area contributed by atoms with Crippen LogP contribution in [0.4, 0.5) is 0 Å². The third-order valence-corrected chi connectivity index (χ3v) is 4.09. The van der Waals surface area contributed by atoms with Crippen LogP contribution >= 0.6 is 0 Å². The molecule has 0 amide bonds. The molecular formula is C16H20N2O2. The molecule has 0 saturated heterocycles. The molecule has 0 heterocycles. The van der Waals surface area contributed by atoms with Crippen molar-refractivity contribution in [2.45, 2.75) is 32.2 Å². The summed E-state index contributed by atoms with van der Waals surface area (Å²) in [7, 11) is 0. The Kier molecular flexibility index (Phi) is 5.14. The van der Waals surface area contributed by atoms with Crippen LogP contribution in [0.15, 0.2) is 24.3 Å². The van der Waals surface area contributed by atoms with E-state index >= 15 is 0 Å². The zero-order valence-corrected chi connectivity index (χ0v) is 11.5. The van der Waals surface area contributed by atoms with E-state index in [0.29, 0.717) is 18.7 Å². The smallest absolute Gasteiger partial charge is 0.306 e. The summed E-state index contributed by atoms with van der Waals surface area (Å²) in [4.78, 5) is 11.2. The number of rotatable bonds is 5. The molecule has 4 nitrogen and oxygen atoms in total. The Morgan fingerprint density at radius 2 is 2.10 bits per heavy atom. The predicted octanol–water partition coefficient (Wildman–Crippen LogP) is 2.54. The highest BCUT2D eigenvalue weighted by Gasteiger charge is 2.30. The highest BCUT2D eigenvalue weighted by atomic mass is 16.4. The monoisotopic (exact) mass is 272 g/mol. The molecule has 1 saturated carbocycles. The van der Waals surface area contributed by atoms with Crippen molar-refractivity contribution in [2.24, 2.45) is 11.8 Å². The topological polar surface area (TPSA) is 73.1 Å². The van der Waals surface area contributed by atoms with Crippen LogP contribution in [-0.4, -0.2) is 17.6 Å². The summed E-state index contributed by atoms with van der Waals surface area (Å²) in [5.41, 5.74) is 1.65. The van der Waals surface area contributed by atoms with Crippen molar-refractivity contribution < 1.29 is 9.90 Å². The van der Waals surface area contributed by atoms with E-state index in [1.807, 2.05) is 18.2 Å². The van der Waals surface area contributed by atoms with Gasteiger partial charge in [-0.15, -0.1) is 0 Å². The molecule has 2 atom stereocenters. The van der Waals surface area contributed by atoms with Gasteiger partial charge in [0, 0.05) is 6.54 Å². The third kappa shape index (κ3) is 3.58. The lowest BCUT2D eigenvalue weighted by molar-refractivity contribution is -0.144. The summed E-state index contributed by atoms with van der Waals surface area (Å²) in [6.07, 6.45) is 3.90. The summed E-state index contributed by atoms with van der Waals surface area (Å²) in [5.74, 6) is -0.688. The van der Waals surface area contributed by atoms with Crippen LogP contribution in [0.1, 0.15) is 36.8 Å². The first-order chi connectivity index (χ1) is 9.72. The number of nitrogens with zero attached hydrogens (tertiary/aromatic N) is 1. The van der Waals surface area contributed by atoms with Gasteiger partial charge in [0.25, 0.3) is 0 Å². The van der Waals surface area contributed by atoms with Gasteiger partial charge in [0.05, 0.1) is 17.6 Å². The molecule has 0 bridgehead atoms. The minimum Gasteiger partial charge on any atom is -0.481 e. The molecule has 2 N–H and O–H groups in total. The van der Waals surface area contributed by atoms with Crippen LogP contribution in [0.3, 0.4) is 0 Å². The summed E-state index contributed by atoms with van der Waals surface area (Å²) in [6, 6.07) is 9.68. The summed E-state index contributed by atoms with van der Waals surface area (Å²) < 4.78 is 0. The van der Waals surface area contributed by atoms with Crippen molar-refractivity contribution >= 4 is 5.97 Å². The van der Waals surface area contributed by atoms with Crippen molar-refractivity contribution in [3.8, 4) is 6.07 Å². The van der Waals surface area contributed by atoms with Crippen LogP contribution in [0.25, 0.3) is 0 Å². The second-order valence-electron chi connectivity index (χ2n) is 5.39. The highest BCUT2D eigenvalue weighted by molar-refractivity contribution is 5.70. The number of hydrogen-bond donors (Lipinski definition) is 2. The van der Waals surface area contributed by atoms with E-state index in [1.54, 1.807) is 6.07 Å². The lowest BCUT2D eigenvalue weighted by atomic mass is 9.79. The van der Waals surface area contributed by atoms with Gasteiger partial charge in [-0.3, -0.25) is 4.79 Å². The van der Waals surface area contributed by atoms with Crippen molar-refractivity contribution in [3.63, 3.8) is 0 Å². The number of carbonyl (C=O) groups is 1. The first-order valence-corrected chi connectivity index (χ1v) is 7.14. The molecule has 4 heteroatoms. The van der Waals surface area contributed by atoms with Crippen LogP contribution in [-0.2, 0) is 11.3 Å². The average molecular weight is 272 g/mol. The van der Waals surface area contributed by atoms with Gasteiger partial charge in [-0.1, -0.05) is 31.0 Å². The quantitative estimate of drug-likeness (QED) is 0.864. The first kappa shape index (κ1) is 14.5. The van der Waals surface area contributed by atoms with Gasteiger partial charge in [-0.25, -0.2) is 0 Å². The SMILES string of the molecule is N#Cc1ccccc1CNCC1CCCCC1C(=O)O. The van der Waals surface area contributed by atoms with Gasteiger partial charge in [-0.2, -0.15) is 5.26 Å². The van der Waals surface area contributed by atoms with Gasteiger partial charge in [-0.05, 0) is 36.9 Å². The summed E-state index contributed by atoms with van der Waals surface area (Å²) in [6.45, 7) is 1.32. The van der Waals surface area contributed by atoms with Gasteiger partial charge >= 0.3 is 5.97 Å². The average Bonchev–Trinajstić information content (AvgIpc) is 2.48. The third-order valence-electron chi connectivity index (χ3n) is 4.09. The number of carboxylic acid groups (broad SMARTS) is 1. The van der Waals surface area contributed by atoms with E-state index in [0.717, 1.165) is 31.2 Å². The molecule has 1 fully saturated rings. The van der Waals surface area contributed by atoms with E-state index in [-0.39, 0.29) is 11.8 Å². The van der Waals surface area contributed by atoms with E-state index in [1.165, 1.54) is 0 Å². The lowest BCUT2D eigenvalue weighted by Crippen LogP contribution is -2.34. The molecule has 2 rings (SSSR count). The maximum Gasteiger partial charge on any atom is 0.306 e. The lowest BCUT2D eigenvalue weighted by Gasteiger charge is -2.28. The fourth-order valence-corrected chi connectivity index (χ4v) is 2.95. The first-order valence-electron chi connectivity index (χ1n) is 7.14. The predicted molar refractivity (Wildman–Crippen MR) is 75.9 cm³/mol. The fraction of sp³-hybridized carbons (Fsp3) is 0.500. The van der Waals surface area contributed by atoms with Gasteiger partial charge in [0.15, 0.2) is 0 Å². The molecule has 1 aromatic carbocycles. The number of benzene rings is 1. The highest BCUT2D eigenvalue weighted by Crippen LogP contribution is 2.29. The number of nitriles is 1. The zero-order chi connectivity index (χ0) is 14.4. The molecule has 106 valence electrons. The van der Waals surface area contributed by atoms with E-state index in [2.05, 4.69) is 11.4 Å². The Morgan fingerprint density at radius 3 is 2.85 bits per heavy atom. The van der Waals surface area contributed by atoms with Crippen molar-refractivity contribution in [1.82, 2.24) is 5.32 Å². The van der Waals surface area contributed by atoms with E-state index < -0.39 is 5.97 Å². The standard InChI is InChI=1S/C16H20N2O2/c17-9-12-5-1-2-6-13(12)10-18-11-14-7-3-4-8-15(14)16(19)20/h1-2,5-6,14-15,18H,3-4,7-8,10-11H2,(H,19,20). The Balaban J connectivity index is 1.89. The molecular weight excluding hydrogens is 252 g/mol. The van der Waals surface area contributed by atoms with Gasteiger partial charge in [0.1, 0.15) is 0 Å². The molecule has 0 aliphatic heterocycles. The number of carboxylic acids is 1. The maximum atomic E-state index is 11.2. The van der Waals surface area contributed by atoms with Crippen LogP contribution in [0, 0.1) is 23.2 Å². The Bertz CT molecular complexity index is 507. The van der Waals surface area contributed by atoms with E-state index in [4.69, 9.17) is 5.26 Å². The van der Waals surface area contributed by atoms with Crippen LogP contribution < -0.4 is 5.32 Å². The molecule has 0 aromatic heterocycles. The molecule has 1 aliphatic rings. The number of nitrogens with one attached hydrogen (secondary N) is 1. The minimum absolute atomic E-state index is 0.204. The van der Waals surface area contributed by atoms with E-state index in [9.17, 15) is 9.90 Å². The maximum absolute atomic E-state index is 11.2. The second-order valence-corrected chi connectivity index (χ2v) is 5.39. The molecule has 1 aromatic rings.